The Balaban J connectivity index is 2.02. The van der Waals surface area contributed by atoms with Crippen LogP contribution in [-0.2, 0) is 9.59 Å². The number of amides is 1. The standard InChI is InChI=1S/C12H20N2O3/c1-7(12(16)17)14(2)11(15)10-9-5-3-4-8(9)6-13-10/h7-10,13H,3-6H2,1-2H3,(H,16,17). The maximum Gasteiger partial charge on any atom is 0.326 e. The molecule has 1 amide bonds. The first-order chi connectivity index (χ1) is 8.02. The molecule has 1 saturated heterocycles. The third kappa shape index (κ3) is 2.16. The summed E-state index contributed by atoms with van der Waals surface area (Å²) in [4.78, 5) is 24.5. The Bertz CT molecular complexity index is 332. The van der Waals surface area contributed by atoms with Crippen LogP contribution >= 0.6 is 0 Å². The van der Waals surface area contributed by atoms with Crippen LogP contribution in [0.1, 0.15) is 26.2 Å². The number of nitrogens with one attached hydrogen (secondary N) is 1. The van der Waals surface area contributed by atoms with Crippen LogP contribution in [0.25, 0.3) is 0 Å². The molecule has 0 bridgehead atoms. The maximum absolute atomic E-state index is 12.2. The van der Waals surface area contributed by atoms with Gasteiger partial charge in [-0.15, -0.1) is 0 Å². The first-order valence-corrected chi connectivity index (χ1v) is 6.25. The molecule has 1 heterocycles. The number of rotatable bonds is 3. The third-order valence-electron chi connectivity index (χ3n) is 4.30. The van der Waals surface area contributed by atoms with Crippen LogP contribution in [0.5, 0.6) is 0 Å². The van der Waals surface area contributed by atoms with Crippen molar-refractivity contribution in [2.24, 2.45) is 11.8 Å². The number of likely N-dealkylation sites (N-methyl/N-ethyl adjacent to an activating group) is 1. The molecule has 0 aromatic heterocycles. The van der Waals surface area contributed by atoms with Gasteiger partial charge in [0.05, 0.1) is 6.04 Å². The molecule has 96 valence electrons. The molecule has 0 aromatic carbocycles. The van der Waals surface area contributed by atoms with E-state index in [2.05, 4.69) is 5.32 Å². The number of nitrogens with zero attached hydrogens (tertiary/aromatic N) is 1. The molecule has 1 aliphatic carbocycles. The highest BCUT2D eigenvalue weighted by Gasteiger charge is 2.44. The van der Waals surface area contributed by atoms with Gasteiger partial charge in [-0.1, -0.05) is 6.42 Å². The summed E-state index contributed by atoms with van der Waals surface area (Å²) in [5, 5.41) is 12.2. The second kappa shape index (κ2) is 4.64. The molecular formula is C12H20N2O3. The zero-order chi connectivity index (χ0) is 12.6. The summed E-state index contributed by atoms with van der Waals surface area (Å²) in [5.41, 5.74) is 0. The predicted octanol–water partition coefficient (Wildman–Crippen LogP) is 0.306. The lowest BCUT2D eigenvalue weighted by Gasteiger charge is -2.27. The Hall–Kier alpha value is -1.10. The van der Waals surface area contributed by atoms with E-state index in [4.69, 9.17) is 5.11 Å². The van der Waals surface area contributed by atoms with Gasteiger partial charge in [-0.2, -0.15) is 0 Å². The van der Waals surface area contributed by atoms with Gasteiger partial charge < -0.3 is 15.3 Å². The molecule has 1 saturated carbocycles. The molecule has 0 aromatic rings. The summed E-state index contributed by atoms with van der Waals surface area (Å²) in [6.45, 7) is 2.44. The molecule has 4 unspecified atom stereocenters. The molecule has 5 heteroatoms. The van der Waals surface area contributed by atoms with Crippen molar-refractivity contribution in [2.45, 2.75) is 38.3 Å². The maximum atomic E-state index is 12.2. The number of carboxylic acids is 1. The van der Waals surface area contributed by atoms with Crippen LogP contribution in [0.2, 0.25) is 0 Å². The average molecular weight is 240 g/mol. The summed E-state index contributed by atoms with van der Waals surface area (Å²) in [6, 6.07) is -0.931. The van der Waals surface area contributed by atoms with Crippen LogP contribution in [0.4, 0.5) is 0 Å². The van der Waals surface area contributed by atoms with Gasteiger partial charge in [-0.3, -0.25) is 4.79 Å². The highest BCUT2D eigenvalue weighted by atomic mass is 16.4. The normalized spacial score (nSPS) is 33.2. The summed E-state index contributed by atoms with van der Waals surface area (Å²) in [7, 11) is 1.57. The van der Waals surface area contributed by atoms with E-state index in [-0.39, 0.29) is 11.9 Å². The van der Waals surface area contributed by atoms with E-state index < -0.39 is 12.0 Å². The Labute approximate surface area is 101 Å². The van der Waals surface area contributed by atoms with Crippen molar-refractivity contribution >= 4 is 11.9 Å². The van der Waals surface area contributed by atoms with Gasteiger partial charge in [0.25, 0.3) is 0 Å². The van der Waals surface area contributed by atoms with Gasteiger partial charge in [-0.25, -0.2) is 4.79 Å². The highest BCUT2D eigenvalue weighted by Crippen LogP contribution is 2.38. The molecule has 2 rings (SSSR count). The van der Waals surface area contributed by atoms with Crippen LogP contribution in [0.3, 0.4) is 0 Å². The number of carboxylic acid groups (broad SMARTS) is 1. The number of hydrogen-bond acceptors (Lipinski definition) is 3. The number of carbonyl (C=O) groups is 2. The van der Waals surface area contributed by atoms with Crippen molar-refractivity contribution in [2.75, 3.05) is 13.6 Å². The first-order valence-electron chi connectivity index (χ1n) is 6.25. The molecule has 4 atom stereocenters. The van der Waals surface area contributed by atoms with Gasteiger partial charge in [-0.05, 0) is 38.1 Å². The minimum Gasteiger partial charge on any atom is -0.480 e. The average Bonchev–Trinajstić information content (AvgIpc) is 2.87. The summed E-state index contributed by atoms with van der Waals surface area (Å²) < 4.78 is 0. The molecule has 0 spiro atoms. The van der Waals surface area contributed by atoms with Crippen molar-refractivity contribution in [3.8, 4) is 0 Å². The van der Waals surface area contributed by atoms with Gasteiger partial charge in [0.1, 0.15) is 6.04 Å². The smallest absolute Gasteiger partial charge is 0.326 e. The Morgan fingerprint density at radius 3 is 2.76 bits per heavy atom. The Morgan fingerprint density at radius 2 is 2.12 bits per heavy atom. The van der Waals surface area contributed by atoms with Crippen molar-refractivity contribution in [1.29, 1.82) is 0 Å². The van der Waals surface area contributed by atoms with Gasteiger partial charge in [0.15, 0.2) is 0 Å². The number of carbonyl (C=O) groups excluding carboxylic acids is 1. The first kappa shape index (κ1) is 12.4. The zero-order valence-electron chi connectivity index (χ0n) is 10.3. The lowest BCUT2D eigenvalue weighted by atomic mass is 9.93. The van der Waals surface area contributed by atoms with Crippen LogP contribution in [0.15, 0.2) is 0 Å². The van der Waals surface area contributed by atoms with E-state index in [0.717, 1.165) is 13.0 Å². The quantitative estimate of drug-likeness (QED) is 0.744. The predicted molar refractivity (Wildman–Crippen MR) is 62.5 cm³/mol. The minimum absolute atomic E-state index is 0.0747. The van der Waals surface area contributed by atoms with E-state index >= 15 is 0 Å². The van der Waals surface area contributed by atoms with E-state index in [9.17, 15) is 9.59 Å². The van der Waals surface area contributed by atoms with Crippen LogP contribution in [-0.4, -0.2) is 47.6 Å². The fraction of sp³-hybridized carbons (Fsp3) is 0.833. The van der Waals surface area contributed by atoms with E-state index in [1.807, 2.05) is 0 Å². The fourth-order valence-corrected chi connectivity index (χ4v) is 3.03. The lowest BCUT2D eigenvalue weighted by Crippen LogP contribution is -2.50. The zero-order valence-corrected chi connectivity index (χ0v) is 10.3. The van der Waals surface area contributed by atoms with E-state index in [1.165, 1.54) is 17.7 Å². The Morgan fingerprint density at radius 1 is 1.41 bits per heavy atom. The van der Waals surface area contributed by atoms with Crippen molar-refractivity contribution in [1.82, 2.24) is 10.2 Å². The van der Waals surface area contributed by atoms with Crippen molar-refractivity contribution < 1.29 is 14.7 Å². The van der Waals surface area contributed by atoms with E-state index in [0.29, 0.717) is 11.8 Å². The van der Waals surface area contributed by atoms with Gasteiger partial charge in [0.2, 0.25) is 5.91 Å². The number of aliphatic carboxylic acids is 1. The third-order valence-corrected chi connectivity index (χ3v) is 4.30. The summed E-state index contributed by atoms with van der Waals surface area (Å²) >= 11 is 0. The molecule has 17 heavy (non-hydrogen) atoms. The van der Waals surface area contributed by atoms with Crippen molar-refractivity contribution in [3.05, 3.63) is 0 Å². The molecule has 2 aliphatic rings. The van der Waals surface area contributed by atoms with Gasteiger partial charge in [0, 0.05) is 7.05 Å². The van der Waals surface area contributed by atoms with Crippen LogP contribution in [0, 0.1) is 11.8 Å². The van der Waals surface area contributed by atoms with Gasteiger partial charge >= 0.3 is 5.97 Å². The lowest BCUT2D eigenvalue weighted by molar-refractivity contribution is -0.149. The molecular weight excluding hydrogens is 220 g/mol. The second-order valence-corrected chi connectivity index (χ2v) is 5.20. The molecule has 1 aliphatic heterocycles. The largest absolute Gasteiger partial charge is 0.480 e. The van der Waals surface area contributed by atoms with Crippen molar-refractivity contribution in [3.63, 3.8) is 0 Å². The van der Waals surface area contributed by atoms with Crippen LogP contribution < -0.4 is 5.32 Å². The molecule has 5 nitrogen and oxygen atoms in total. The highest BCUT2D eigenvalue weighted by molar-refractivity contribution is 5.87. The monoisotopic (exact) mass is 240 g/mol. The molecule has 2 N–H and O–H groups in total. The Kier molecular flexibility index (Phi) is 3.38. The van der Waals surface area contributed by atoms with E-state index in [1.54, 1.807) is 14.0 Å². The SMILES string of the molecule is CC(C(=O)O)N(C)C(=O)C1NCC2CCCC21. The summed E-state index contributed by atoms with van der Waals surface area (Å²) in [5.74, 6) is -0.0143. The number of fused-ring (bicyclic) bond motifs is 1. The second-order valence-electron chi connectivity index (χ2n) is 5.20. The molecule has 0 radical (unpaired) electrons. The number of hydrogen-bond donors (Lipinski definition) is 2. The minimum atomic E-state index is -0.957. The molecule has 2 fully saturated rings. The fourth-order valence-electron chi connectivity index (χ4n) is 3.03. The topological polar surface area (TPSA) is 69.6 Å². The summed E-state index contributed by atoms with van der Waals surface area (Å²) in [6.07, 6.45) is 3.47.